The minimum absolute atomic E-state index is 0. The van der Waals surface area contributed by atoms with Crippen LogP contribution in [0.1, 0.15) is 19.3 Å². The Morgan fingerprint density at radius 1 is 1.18 bits per heavy atom. The number of nitrogens with one attached hydrogen (secondary N) is 3. The maximum Gasteiger partial charge on any atom is 0.319 e. The van der Waals surface area contributed by atoms with E-state index in [1.807, 2.05) is 36.4 Å². The molecule has 1 fully saturated rings. The van der Waals surface area contributed by atoms with E-state index in [1.165, 1.54) is 18.2 Å². The van der Waals surface area contributed by atoms with Crippen LogP contribution in [0.15, 0.2) is 42.5 Å². The summed E-state index contributed by atoms with van der Waals surface area (Å²) < 4.78 is 0. The molecule has 1 atom stereocenters. The van der Waals surface area contributed by atoms with Gasteiger partial charge < -0.3 is 16.0 Å². The van der Waals surface area contributed by atoms with E-state index in [4.69, 9.17) is 0 Å². The van der Waals surface area contributed by atoms with Crippen molar-refractivity contribution in [1.82, 2.24) is 10.6 Å². The fraction of sp³-hybridized carbons (Fsp3) is 0.353. The Morgan fingerprint density at radius 3 is 2.77 bits per heavy atom. The van der Waals surface area contributed by atoms with Crippen LogP contribution in [0.5, 0.6) is 0 Å². The van der Waals surface area contributed by atoms with Gasteiger partial charge in [0, 0.05) is 18.3 Å². The predicted octanol–water partition coefficient (Wildman–Crippen LogP) is 3.53. The monoisotopic (exact) mass is 319 g/mol. The highest BCUT2D eigenvalue weighted by Gasteiger charge is 2.13. The molecule has 0 aliphatic carbocycles. The molecule has 0 radical (unpaired) electrons. The van der Waals surface area contributed by atoms with E-state index in [0.717, 1.165) is 24.0 Å². The van der Waals surface area contributed by atoms with Crippen LogP contribution in [-0.2, 0) is 0 Å². The lowest BCUT2D eigenvalue weighted by Gasteiger charge is -2.12. The number of amides is 2. The van der Waals surface area contributed by atoms with Crippen LogP contribution in [-0.4, -0.2) is 25.2 Å². The first-order chi connectivity index (χ1) is 10.3. The number of halogens is 1. The number of fused-ring (bicyclic) bond motifs is 1. The third-order valence-corrected chi connectivity index (χ3v) is 3.95. The number of urea groups is 1. The topological polar surface area (TPSA) is 53.2 Å². The minimum atomic E-state index is -0.136. The Labute approximate surface area is 137 Å². The third-order valence-electron chi connectivity index (χ3n) is 3.95. The first-order valence-corrected chi connectivity index (χ1v) is 7.58. The molecule has 0 unspecified atom stereocenters. The maximum atomic E-state index is 11.9. The summed E-state index contributed by atoms with van der Waals surface area (Å²) in [4.78, 5) is 11.9. The van der Waals surface area contributed by atoms with Gasteiger partial charge in [-0.3, -0.25) is 0 Å². The van der Waals surface area contributed by atoms with E-state index in [-0.39, 0.29) is 18.4 Å². The number of rotatable bonds is 4. The molecule has 0 saturated carbocycles. The molecule has 1 aliphatic rings. The van der Waals surface area contributed by atoms with E-state index >= 15 is 0 Å². The SMILES string of the molecule is Cl.O=C(NCC[C@@H]1CCCN1)Nc1ccc2ccccc2c1. The van der Waals surface area contributed by atoms with Crippen molar-refractivity contribution in [1.29, 1.82) is 0 Å². The molecular formula is C17H22ClN3O. The van der Waals surface area contributed by atoms with Crippen molar-refractivity contribution >= 4 is 34.9 Å². The smallest absolute Gasteiger partial charge is 0.319 e. The summed E-state index contributed by atoms with van der Waals surface area (Å²) in [7, 11) is 0. The molecule has 2 amide bonds. The lowest BCUT2D eigenvalue weighted by molar-refractivity contribution is 0.251. The summed E-state index contributed by atoms with van der Waals surface area (Å²) >= 11 is 0. The van der Waals surface area contributed by atoms with Crippen molar-refractivity contribution in [3.05, 3.63) is 42.5 Å². The van der Waals surface area contributed by atoms with Crippen molar-refractivity contribution < 1.29 is 4.79 Å². The van der Waals surface area contributed by atoms with Crippen molar-refractivity contribution in [2.45, 2.75) is 25.3 Å². The van der Waals surface area contributed by atoms with Gasteiger partial charge in [0.05, 0.1) is 0 Å². The van der Waals surface area contributed by atoms with Gasteiger partial charge in [-0.2, -0.15) is 0 Å². The summed E-state index contributed by atoms with van der Waals surface area (Å²) in [6.45, 7) is 1.81. The molecule has 5 heteroatoms. The predicted molar refractivity (Wildman–Crippen MR) is 93.9 cm³/mol. The number of carbonyl (C=O) groups excluding carboxylic acids is 1. The number of anilines is 1. The summed E-state index contributed by atoms with van der Waals surface area (Å²) in [5.74, 6) is 0. The molecule has 0 bridgehead atoms. The molecule has 2 aromatic rings. The molecule has 1 heterocycles. The highest BCUT2D eigenvalue weighted by molar-refractivity contribution is 5.93. The Hall–Kier alpha value is -1.78. The Morgan fingerprint density at radius 2 is 2.00 bits per heavy atom. The second-order valence-corrected chi connectivity index (χ2v) is 5.52. The molecule has 2 aromatic carbocycles. The Balaban J connectivity index is 0.00000176. The number of hydrogen-bond donors (Lipinski definition) is 3. The van der Waals surface area contributed by atoms with Crippen LogP contribution >= 0.6 is 12.4 Å². The van der Waals surface area contributed by atoms with E-state index in [9.17, 15) is 4.79 Å². The lowest BCUT2D eigenvalue weighted by atomic mass is 10.1. The normalized spacial score (nSPS) is 17.0. The fourth-order valence-electron chi connectivity index (χ4n) is 2.81. The molecule has 0 spiro atoms. The van der Waals surface area contributed by atoms with Gasteiger partial charge in [-0.05, 0) is 48.7 Å². The van der Waals surface area contributed by atoms with Crippen LogP contribution in [0, 0.1) is 0 Å². The molecule has 4 nitrogen and oxygen atoms in total. The molecule has 22 heavy (non-hydrogen) atoms. The van der Waals surface area contributed by atoms with E-state index < -0.39 is 0 Å². The second-order valence-electron chi connectivity index (χ2n) is 5.52. The van der Waals surface area contributed by atoms with E-state index in [2.05, 4.69) is 22.0 Å². The average Bonchev–Trinajstić information content (AvgIpc) is 3.00. The van der Waals surface area contributed by atoms with Crippen molar-refractivity contribution in [2.24, 2.45) is 0 Å². The van der Waals surface area contributed by atoms with Crippen LogP contribution in [0.25, 0.3) is 10.8 Å². The third kappa shape index (κ3) is 4.36. The second kappa shape index (κ2) is 8.01. The van der Waals surface area contributed by atoms with Gasteiger partial charge in [-0.25, -0.2) is 4.79 Å². The first-order valence-electron chi connectivity index (χ1n) is 7.58. The average molecular weight is 320 g/mol. The lowest BCUT2D eigenvalue weighted by Crippen LogP contribution is -2.33. The number of benzene rings is 2. The van der Waals surface area contributed by atoms with E-state index in [0.29, 0.717) is 12.6 Å². The fourth-order valence-corrected chi connectivity index (χ4v) is 2.81. The van der Waals surface area contributed by atoms with Crippen molar-refractivity contribution in [2.75, 3.05) is 18.4 Å². The van der Waals surface area contributed by atoms with Crippen LogP contribution in [0.4, 0.5) is 10.5 Å². The summed E-state index contributed by atoms with van der Waals surface area (Å²) in [5, 5.41) is 11.5. The summed E-state index contributed by atoms with van der Waals surface area (Å²) in [6.07, 6.45) is 3.45. The highest BCUT2D eigenvalue weighted by atomic mass is 35.5. The van der Waals surface area contributed by atoms with E-state index in [1.54, 1.807) is 0 Å². The molecule has 3 N–H and O–H groups in total. The molecule has 0 aromatic heterocycles. The van der Waals surface area contributed by atoms with Gasteiger partial charge in [-0.15, -0.1) is 12.4 Å². The zero-order chi connectivity index (χ0) is 14.5. The standard InChI is InChI=1S/C17H21N3O.ClH/c21-17(19-11-9-15-6-3-10-18-15)20-16-8-7-13-4-1-2-5-14(13)12-16;/h1-2,4-5,7-8,12,15,18H,3,6,9-11H2,(H2,19,20,21);1H/t15-;/m0./s1. The van der Waals surface area contributed by atoms with Crippen molar-refractivity contribution in [3.8, 4) is 0 Å². The Kier molecular flexibility index (Phi) is 6.04. The van der Waals surface area contributed by atoms with Crippen molar-refractivity contribution in [3.63, 3.8) is 0 Å². The zero-order valence-electron chi connectivity index (χ0n) is 12.5. The highest BCUT2D eigenvalue weighted by Crippen LogP contribution is 2.18. The minimum Gasteiger partial charge on any atom is -0.338 e. The zero-order valence-corrected chi connectivity index (χ0v) is 13.3. The molecule has 1 aliphatic heterocycles. The largest absolute Gasteiger partial charge is 0.338 e. The molecule has 3 rings (SSSR count). The maximum absolute atomic E-state index is 11.9. The van der Waals surface area contributed by atoms with Gasteiger partial charge in [0.2, 0.25) is 0 Å². The first kappa shape index (κ1) is 16.6. The van der Waals surface area contributed by atoms with Crippen LogP contribution in [0.2, 0.25) is 0 Å². The van der Waals surface area contributed by atoms with Gasteiger partial charge in [0.15, 0.2) is 0 Å². The summed E-state index contributed by atoms with van der Waals surface area (Å²) in [6, 6.07) is 14.5. The molecular weight excluding hydrogens is 298 g/mol. The Bertz CT molecular complexity index is 626. The summed E-state index contributed by atoms with van der Waals surface area (Å²) in [5.41, 5.74) is 0.824. The molecule has 118 valence electrons. The number of hydrogen-bond acceptors (Lipinski definition) is 2. The van der Waals surface area contributed by atoms with Gasteiger partial charge >= 0.3 is 6.03 Å². The molecule has 1 saturated heterocycles. The van der Waals surface area contributed by atoms with Gasteiger partial charge in [0.1, 0.15) is 0 Å². The quantitative estimate of drug-likeness (QED) is 0.807. The van der Waals surface area contributed by atoms with Crippen LogP contribution < -0.4 is 16.0 Å². The number of carbonyl (C=O) groups is 1. The van der Waals surface area contributed by atoms with Gasteiger partial charge in [0.25, 0.3) is 0 Å². The van der Waals surface area contributed by atoms with Gasteiger partial charge in [-0.1, -0.05) is 30.3 Å². The van der Waals surface area contributed by atoms with Crippen LogP contribution in [0.3, 0.4) is 0 Å².